The van der Waals surface area contributed by atoms with Crippen molar-refractivity contribution in [3.05, 3.63) is 33.9 Å². The fourth-order valence-corrected chi connectivity index (χ4v) is 2.29. The summed E-state index contributed by atoms with van der Waals surface area (Å²) in [5.41, 5.74) is 1.13. The molecule has 0 bridgehead atoms. The van der Waals surface area contributed by atoms with Gasteiger partial charge in [0, 0.05) is 37.4 Å². The van der Waals surface area contributed by atoms with E-state index in [1.807, 2.05) is 0 Å². The van der Waals surface area contributed by atoms with E-state index in [1.54, 1.807) is 12.1 Å². The number of anilines is 1. The van der Waals surface area contributed by atoms with E-state index >= 15 is 0 Å². The van der Waals surface area contributed by atoms with Crippen molar-refractivity contribution in [1.29, 1.82) is 0 Å². The van der Waals surface area contributed by atoms with Crippen LogP contribution < -0.4 is 4.90 Å². The van der Waals surface area contributed by atoms with Crippen LogP contribution in [0, 0.1) is 16.0 Å². The van der Waals surface area contributed by atoms with Gasteiger partial charge in [-0.15, -0.1) is 0 Å². The molecule has 0 aromatic heterocycles. The highest BCUT2D eigenvalue weighted by atomic mass is 16.6. The van der Waals surface area contributed by atoms with E-state index in [9.17, 15) is 10.1 Å². The molecule has 1 aliphatic rings. The molecule has 6 nitrogen and oxygen atoms in total. The first-order chi connectivity index (χ1) is 8.65. The monoisotopic (exact) mass is 252 g/mol. The van der Waals surface area contributed by atoms with Crippen molar-refractivity contribution < 1.29 is 15.1 Å². The van der Waals surface area contributed by atoms with Crippen molar-refractivity contribution in [2.24, 2.45) is 5.92 Å². The van der Waals surface area contributed by atoms with Crippen LogP contribution >= 0.6 is 0 Å². The number of nitrogens with zero attached hydrogens (tertiary/aromatic N) is 2. The van der Waals surface area contributed by atoms with Gasteiger partial charge in [0.05, 0.1) is 17.1 Å². The third-order valence-corrected chi connectivity index (χ3v) is 3.34. The van der Waals surface area contributed by atoms with Crippen LogP contribution in [0.25, 0.3) is 0 Å². The zero-order valence-electron chi connectivity index (χ0n) is 9.95. The lowest BCUT2D eigenvalue weighted by Gasteiger charge is -2.19. The molecule has 1 heterocycles. The smallest absolute Gasteiger partial charge is 0.275 e. The summed E-state index contributed by atoms with van der Waals surface area (Å²) in [7, 11) is 0. The van der Waals surface area contributed by atoms with Gasteiger partial charge >= 0.3 is 0 Å². The molecule has 1 atom stereocenters. The van der Waals surface area contributed by atoms with Gasteiger partial charge in [-0.2, -0.15) is 0 Å². The molecule has 1 aromatic carbocycles. The van der Waals surface area contributed by atoms with Crippen LogP contribution in [0.3, 0.4) is 0 Å². The summed E-state index contributed by atoms with van der Waals surface area (Å²) in [6.45, 7) is 1.39. The quantitative estimate of drug-likeness (QED) is 0.614. The van der Waals surface area contributed by atoms with E-state index < -0.39 is 4.92 Å². The van der Waals surface area contributed by atoms with Gasteiger partial charge in [0.2, 0.25) is 0 Å². The average molecular weight is 252 g/mol. The summed E-state index contributed by atoms with van der Waals surface area (Å²) in [6, 6.07) is 4.77. The number of hydrogen-bond acceptors (Lipinski definition) is 5. The lowest BCUT2D eigenvalue weighted by atomic mass is 10.1. The second-order valence-corrected chi connectivity index (χ2v) is 4.51. The van der Waals surface area contributed by atoms with Crippen LogP contribution in [0.2, 0.25) is 0 Å². The average Bonchev–Trinajstić information content (AvgIpc) is 2.86. The molecule has 18 heavy (non-hydrogen) atoms. The predicted octanol–water partition coefficient (Wildman–Crippen LogP) is 0.906. The normalized spacial score (nSPS) is 19.2. The number of hydrogen-bond donors (Lipinski definition) is 2. The van der Waals surface area contributed by atoms with E-state index in [2.05, 4.69) is 4.90 Å². The van der Waals surface area contributed by atoms with Crippen LogP contribution in [-0.4, -0.2) is 34.8 Å². The maximum absolute atomic E-state index is 10.8. The van der Waals surface area contributed by atoms with Crippen molar-refractivity contribution in [2.45, 2.75) is 13.0 Å². The summed E-state index contributed by atoms with van der Waals surface area (Å²) < 4.78 is 0. The highest BCUT2D eigenvalue weighted by Gasteiger charge is 2.23. The molecule has 1 unspecified atom stereocenters. The highest BCUT2D eigenvalue weighted by molar-refractivity contribution is 5.56. The molecule has 2 rings (SSSR count). The summed E-state index contributed by atoms with van der Waals surface area (Å²) in [6.07, 6.45) is 0.919. The van der Waals surface area contributed by atoms with E-state index in [4.69, 9.17) is 10.2 Å². The van der Waals surface area contributed by atoms with E-state index in [0.29, 0.717) is 5.56 Å². The number of aliphatic hydroxyl groups is 2. The Balaban J connectivity index is 2.22. The fourth-order valence-electron chi connectivity index (χ4n) is 2.29. The topological polar surface area (TPSA) is 86.8 Å². The molecular weight excluding hydrogens is 236 g/mol. The number of benzene rings is 1. The summed E-state index contributed by atoms with van der Waals surface area (Å²) in [5.74, 6) is 0.262. The van der Waals surface area contributed by atoms with Crippen molar-refractivity contribution in [3.8, 4) is 0 Å². The number of rotatable bonds is 4. The first kappa shape index (κ1) is 12.8. The van der Waals surface area contributed by atoms with Crippen molar-refractivity contribution in [1.82, 2.24) is 0 Å². The van der Waals surface area contributed by atoms with Crippen LogP contribution in [0.5, 0.6) is 0 Å². The molecule has 98 valence electrons. The molecule has 1 aliphatic heterocycles. The van der Waals surface area contributed by atoms with Gasteiger partial charge in [-0.3, -0.25) is 10.1 Å². The first-order valence-corrected chi connectivity index (χ1v) is 5.89. The number of aliphatic hydroxyl groups excluding tert-OH is 2. The second-order valence-electron chi connectivity index (χ2n) is 4.51. The van der Waals surface area contributed by atoms with Gasteiger partial charge < -0.3 is 15.1 Å². The van der Waals surface area contributed by atoms with Gasteiger partial charge in [0.15, 0.2) is 0 Å². The molecule has 0 amide bonds. The molecule has 0 saturated carbocycles. The molecular formula is C12H16N2O4. The maximum atomic E-state index is 10.8. The molecule has 2 N–H and O–H groups in total. The van der Waals surface area contributed by atoms with Gasteiger partial charge in [-0.1, -0.05) is 0 Å². The zero-order valence-corrected chi connectivity index (χ0v) is 9.95. The largest absolute Gasteiger partial charge is 0.396 e. The Morgan fingerprint density at radius 2 is 2.22 bits per heavy atom. The zero-order chi connectivity index (χ0) is 13.1. The van der Waals surface area contributed by atoms with E-state index in [1.165, 1.54) is 6.07 Å². The van der Waals surface area contributed by atoms with Crippen molar-refractivity contribution in [2.75, 3.05) is 24.6 Å². The van der Waals surface area contributed by atoms with Crippen LogP contribution in [0.15, 0.2) is 18.2 Å². The fraction of sp³-hybridized carbons (Fsp3) is 0.500. The lowest BCUT2D eigenvalue weighted by molar-refractivity contribution is -0.385. The molecule has 1 fully saturated rings. The SMILES string of the molecule is O=[N+]([O-])c1ccc(N2CCC(CO)C2)cc1CO. The predicted molar refractivity (Wildman–Crippen MR) is 66.4 cm³/mol. The molecule has 0 spiro atoms. The molecule has 1 saturated heterocycles. The van der Waals surface area contributed by atoms with Crippen molar-refractivity contribution >= 4 is 11.4 Å². The molecule has 1 aromatic rings. The number of nitro benzene ring substituents is 1. The van der Waals surface area contributed by atoms with Gasteiger partial charge in [0.25, 0.3) is 5.69 Å². The summed E-state index contributed by atoms with van der Waals surface area (Å²) in [4.78, 5) is 12.3. The lowest BCUT2D eigenvalue weighted by Crippen LogP contribution is -2.20. The summed E-state index contributed by atoms with van der Waals surface area (Å²) in [5, 5.41) is 29.0. The third-order valence-electron chi connectivity index (χ3n) is 3.34. The Hall–Kier alpha value is -1.66. The van der Waals surface area contributed by atoms with Crippen LogP contribution in [0.4, 0.5) is 11.4 Å². The minimum Gasteiger partial charge on any atom is -0.396 e. The Labute approximate surface area is 105 Å². The first-order valence-electron chi connectivity index (χ1n) is 5.89. The standard InChI is InChI=1S/C12H16N2O4/c15-7-9-3-4-13(6-9)11-1-2-12(14(17)18)10(5-11)8-16/h1-2,5,9,15-16H,3-4,6-8H2. The van der Waals surface area contributed by atoms with Gasteiger partial charge in [-0.25, -0.2) is 0 Å². The Bertz CT molecular complexity index is 450. The van der Waals surface area contributed by atoms with Crippen molar-refractivity contribution in [3.63, 3.8) is 0 Å². The van der Waals surface area contributed by atoms with Crippen LogP contribution in [0.1, 0.15) is 12.0 Å². The Kier molecular flexibility index (Phi) is 3.78. The highest BCUT2D eigenvalue weighted by Crippen LogP contribution is 2.28. The van der Waals surface area contributed by atoms with Gasteiger partial charge in [-0.05, 0) is 18.6 Å². The molecule has 6 heteroatoms. The second kappa shape index (κ2) is 5.32. The van der Waals surface area contributed by atoms with Gasteiger partial charge in [0.1, 0.15) is 0 Å². The Morgan fingerprint density at radius 1 is 1.44 bits per heavy atom. The minimum absolute atomic E-state index is 0.0563. The van der Waals surface area contributed by atoms with Crippen LogP contribution in [-0.2, 0) is 6.61 Å². The minimum atomic E-state index is -0.490. The van der Waals surface area contributed by atoms with E-state index in [-0.39, 0.29) is 24.8 Å². The third kappa shape index (κ3) is 2.44. The Morgan fingerprint density at radius 3 is 2.78 bits per heavy atom. The number of nitro groups is 1. The maximum Gasteiger partial charge on any atom is 0.275 e. The molecule has 0 radical (unpaired) electrons. The summed E-state index contributed by atoms with van der Waals surface area (Å²) >= 11 is 0. The molecule has 0 aliphatic carbocycles. The van der Waals surface area contributed by atoms with E-state index in [0.717, 1.165) is 25.2 Å².